The molecule has 1 atom stereocenters. The standard InChI is InChI=1S/C14H23NO2S/c1-15(8-9-18-2)10-14(16)12-17-11-13-6-4-3-5-7-13/h3-7,14,16H,8-12H2,1-2H3. The number of aliphatic hydroxyl groups is 1. The highest BCUT2D eigenvalue weighted by Crippen LogP contribution is 2.01. The summed E-state index contributed by atoms with van der Waals surface area (Å²) in [5.74, 6) is 1.09. The van der Waals surface area contributed by atoms with Gasteiger partial charge in [0.25, 0.3) is 0 Å². The van der Waals surface area contributed by atoms with Gasteiger partial charge in [0.15, 0.2) is 0 Å². The van der Waals surface area contributed by atoms with Gasteiger partial charge in [-0.25, -0.2) is 0 Å². The molecule has 0 fully saturated rings. The highest BCUT2D eigenvalue weighted by Gasteiger charge is 2.08. The summed E-state index contributed by atoms with van der Waals surface area (Å²) in [4.78, 5) is 2.13. The molecule has 3 nitrogen and oxygen atoms in total. The molecular formula is C14H23NO2S. The van der Waals surface area contributed by atoms with Gasteiger partial charge in [-0.15, -0.1) is 0 Å². The molecule has 18 heavy (non-hydrogen) atoms. The van der Waals surface area contributed by atoms with E-state index in [9.17, 15) is 5.11 Å². The molecule has 4 heteroatoms. The van der Waals surface area contributed by atoms with E-state index in [0.717, 1.165) is 17.9 Å². The lowest BCUT2D eigenvalue weighted by atomic mass is 10.2. The van der Waals surface area contributed by atoms with Crippen LogP contribution in [0, 0.1) is 0 Å². The van der Waals surface area contributed by atoms with Crippen LogP contribution in [0.25, 0.3) is 0 Å². The van der Waals surface area contributed by atoms with Gasteiger partial charge >= 0.3 is 0 Å². The lowest BCUT2D eigenvalue weighted by molar-refractivity contribution is 0.0145. The molecule has 0 aliphatic heterocycles. The number of benzene rings is 1. The molecule has 0 aliphatic carbocycles. The summed E-state index contributed by atoms with van der Waals surface area (Å²) in [6.07, 6.45) is 1.67. The molecule has 102 valence electrons. The van der Waals surface area contributed by atoms with Gasteiger partial charge in [-0.05, 0) is 18.9 Å². The summed E-state index contributed by atoms with van der Waals surface area (Å²) < 4.78 is 5.50. The third-order valence-electron chi connectivity index (χ3n) is 2.62. The van der Waals surface area contributed by atoms with Crippen LogP contribution < -0.4 is 0 Å². The Kier molecular flexibility index (Phi) is 8.09. The Balaban J connectivity index is 2.11. The summed E-state index contributed by atoms with van der Waals surface area (Å²) in [5.41, 5.74) is 1.14. The Morgan fingerprint density at radius 3 is 2.72 bits per heavy atom. The fourth-order valence-corrected chi connectivity index (χ4v) is 2.13. The number of rotatable bonds is 9. The number of nitrogens with zero attached hydrogens (tertiary/aromatic N) is 1. The molecule has 0 heterocycles. The fourth-order valence-electron chi connectivity index (χ4n) is 1.64. The van der Waals surface area contributed by atoms with E-state index in [2.05, 4.69) is 11.2 Å². The van der Waals surface area contributed by atoms with Crippen molar-refractivity contribution < 1.29 is 9.84 Å². The van der Waals surface area contributed by atoms with Gasteiger partial charge in [0.2, 0.25) is 0 Å². The van der Waals surface area contributed by atoms with Crippen LogP contribution in [-0.4, -0.2) is 54.9 Å². The summed E-state index contributed by atoms with van der Waals surface area (Å²) >= 11 is 1.82. The van der Waals surface area contributed by atoms with Gasteiger partial charge in [0.1, 0.15) is 0 Å². The first-order valence-electron chi connectivity index (χ1n) is 6.19. The van der Waals surface area contributed by atoms with Crippen LogP contribution in [-0.2, 0) is 11.3 Å². The molecule has 0 amide bonds. The first-order chi connectivity index (χ1) is 8.72. The van der Waals surface area contributed by atoms with Crippen molar-refractivity contribution in [1.29, 1.82) is 0 Å². The lowest BCUT2D eigenvalue weighted by Gasteiger charge is -2.20. The van der Waals surface area contributed by atoms with E-state index in [4.69, 9.17) is 4.74 Å². The Labute approximate surface area is 114 Å². The minimum Gasteiger partial charge on any atom is -0.389 e. The van der Waals surface area contributed by atoms with E-state index in [1.54, 1.807) is 0 Å². The number of hydrogen-bond acceptors (Lipinski definition) is 4. The van der Waals surface area contributed by atoms with Crippen LogP contribution in [0.1, 0.15) is 5.56 Å². The van der Waals surface area contributed by atoms with Crippen molar-refractivity contribution in [1.82, 2.24) is 4.90 Å². The van der Waals surface area contributed by atoms with E-state index >= 15 is 0 Å². The minimum absolute atomic E-state index is 0.387. The zero-order valence-corrected chi connectivity index (χ0v) is 12.0. The van der Waals surface area contributed by atoms with E-state index < -0.39 is 6.10 Å². The van der Waals surface area contributed by atoms with Crippen molar-refractivity contribution in [3.05, 3.63) is 35.9 Å². The Morgan fingerprint density at radius 1 is 1.33 bits per heavy atom. The molecule has 1 N–H and O–H groups in total. The zero-order valence-electron chi connectivity index (χ0n) is 11.2. The monoisotopic (exact) mass is 269 g/mol. The molecule has 0 saturated heterocycles. The van der Waals surface area contributed by atoms with Gasteiger partial charge in [-0.2, -0.15) is 11.8 Å². The number of thioether (sulfide) groups is 1. The molecule has 1 rings (SSSR count). The molecule has 1 aromatic carbocycles. The van der Waals surface area contributed by atoms with Crippen molar-refractivity contribution in [2.75, 3.05) is 38.8 Å². The Hall–Kier alpha value is -0.550. The van der Waals surface area contributed by atoms with Gasteiger partial charge < -0.3 is 14.7 Å². The smallest absolute Gasteiger partial charge is 0.0900 e. The molecular weight excluding hydrogens is 246 g/mol. The topological polar surface area (TPSA) is 32.7 Å². The van der Waals surface area contributed by atoms with E-state index in [1.165, 1.54) is 0 Å². The number of hydrogen-bond donors (Lipinski definition) is 1. The maximum Gasteiger partial charge on any atom is 0.0900 e. The van der Waals surface area contributed by atoms with Crippen LogP contribution >= 0.6 is 11.8 Å². The average molecular weight is 269 g/mol. The van der Waals surface area contributed by atoms with Crippen LogP contribution in [0.4, 0.5) is 0 Å². The summed E-state index contributed by atoms with van der Waals surface area (Å²) in [5, 5.41) is 9.82. The minimum atomic E-state index is -0.416. The second-order valence-electron chi connectivity index (χ2n) is 4.41. The molecule has 0 saturated carbocycles. The first-order valence-corrected chi connectivity index (χ1v) is 7.59. The van der Waals surface area contributed by atoms with Crippen LogP contribution in [0.5, 0.6) is 0 Å². The SMILES string of the molecule is CSCCN(C)CC(O)COCc1ccccc1. The molecule has 1 aromatic rings. The highest BCUT2D eigenvalue weighted by atomic mass is 32.2. The van der Waals surface area contributed by atoms with Crippen molar-refractivity contribution >= 4 is 11.8 Å². The highest BCUT2D eigenvalue weighted by molar-refractivity contribution is 7.98. The van der Waals surface area contributed by atoms with Gasteiger partial charge in [0, 0.05) is 18.8 Å². The number of aliphatic hydroxyl groups excluding tert-OH is 1. The average Bonchev–Trinajstić information content (AvgIpc) is 2.37. The Bertz CT molecular complexity index is 308. The number of ether oxygens (including phenoxy) is 1. The summed E-state index contributed by atoms with van der Waals surface area (Å²) in [6, 6.07) is 10.0. The maximum absolute atomic E-state index is 9.82. The van der Waals surface area contributed by atoms with Gasteiger partial charge in [0.05, 0.1) is 19.3 Å². The molecule has 0 radical (unpaired) electrons. The molecule has 1 unspecified atom stereocenters. The second-order valence-corrected chi connectivity index (χ2v) is 5.40. The van der Waals surface area contributed by atoms with Crippen LogP contribution in [0.3, 0.4) is 0 Å². The van der Waals surface area contributed by atoms with Crippen molar-refractivity contribution in [3.63, 3.8) is 0 Å². The Morgan fingerprint density at radius 2 is 2.06 bits per heavy atom. The van der Waals surface area contributed by atoms with Crippen molar-refractivity contribution in [3.8, 4) is 0 Å². The van der Waals surface area contributed by atoms with E-state index in [-0.39, 0.29) is 0 Å². The predicted octanol–water partition coefficient (Wildman–Crippen LogP) is 1.86. The summed E-state index contributed by atoms with van der Waals surface area (Å²) in [6.45, 7) is 2.61. The lowest BCUT2D eigenvalue weighted by Crippen LogP contribution is -2.33. The number of likely N-dealkylation sites (N-methyl/N-ethyl adjacent to an activating group) is 1. The summed E-state index contributed by atoms with van der Waals surface area (Å²) in [7, 11) is 2.02. The molecule has 0 aliphatic rings. The molecule has 0 aromatic heterocycles. The first kappa shape index (κ1) is 15.5. The third kappa shape index (κ3) is 7.01. The fraction of sp³-hybridized carbons (Fsp3) is 0.571. The van der Waals surface area contributed by atoms with Gasteiger partial charge in [-0.3, -0.25) is 0 Å². The van der Waals surface area contributed by atoms with Gasteiger partial charge in [-0.1, -0.05) is 30.3 Å². The third-order valence-corrected chi connectivity index (χ3v) is 3.21. The molecule has 0 bridgehead atoms. The second kappa shape index (κ2) is 9.39. The molecule has 0 spiro atoms. The zero-order chi connectivity index (χ0) is 13.2. The predicted molar refractivity (Wildman–Crippen MR) is 78.0 cm³/mol. The van der Waals surface area contributed by atoms with Crippen LogP contribution in [0.15, 0.2) is 30.3 Å². The van der Waals surface area contributed by atoms with Crippen molar-refractivity contribution in [2.24, 2.45) is 0 Å². The maximum atomic E-state index is 9.82. The van der Waals surface area contributed by atoms with E-state index in [0.29, 0.717) is 19.8 Å². The van der Waals surface area contributed by atoms with Crippen molar-refractivity contribution in [2.45, 2.75) is 12.7 Å². The van der Waals surface area contributed by atoms with Crippen LogP contribution in [0.2, 0.25) is 0 Å². The largest absolute Gasteiger partial charge is 0.389 e. The quantitative estimate of drug-likeness (QED) is 0.742. The van der Waals surface area contributed by atoms with E-state index in [1.807, 2.05) is 49.1 Å². The normalized spacial score (nSPS) is 12.9.